The fourth-order valence-electron chi connectivity index (χ4n) is 3.35. The number of carbonyl (C=O) groups is 2. The topological polar surface area (TPSA) is 151 Å². The van der Waals surface area contributed by atoms with E-state index in [9.17, 15) is 28.1 Å². The standard InChI is InChI=1S/C22H25N5O6S/c1-34(32,33)17-7-8-19(20(15-17)27(30)31)23-12-13-24-21(28)9-10-22(29)26-14-11-18(25-26)16-5-3-2-4-6-16/h2-8,15,23H,9-14H2,1H3,(H,24,28). The number of nitrogens with one attached hydrogen (secondary N) is 2. The zero-order chi connectivity index (χ0) is 24.7. The zero-order valence-electron chi connectivity index (χ0n) is 18.6. The van der Waals surface area contributed by atoms with Crippen LogP contribution in [0.1, 0.15) is 24.8 Å². The van der Waals surface area contributed by atoms with Crippen molar-refractivity contribution in [3.05, 3.63) is 64.2 Å². The molecule has 1 aliphatic rings. The van der Waals surface area contributed by atoms with Crippen molar-refractivity contribution < 1.29 is 22.9 Å². The van der Waals surface area contributed by atoms with Crippen LogP contribution in [0.5, 0.6) is 0 Å². The first-order valence-electron chi connectivity index (χ1n) is 10.6. The van der Waals surface area contributed by atoms with Crippen LogP contribution >= 0.6 is 0 Å². The van der Waals surface area contributed by atoms with Gasteiger partial charge in [0.15, 0.2) is 9.84 Å². The summed E-state index contributed by atoms with van der Waals surface area (Å²) in [6, 6.07) is 13.2. The van der Waals surface area contributed by atoms with Gasteiger partial charge in [-0.2, -0.15) is 5.10 Å². The fourth-order valence-corrected chi connectivity index (χ4v) is 3.99. The molecule has 12 heteroatoms. The quantitative estimate of drug-likeness (QED) is 0.295. The smallest absolute Gasteiger partial charge is 0.293 e. The lowest BCUT2D eigenvalue weighted by molar-refractivity contribution is -0.384. The molecule has 34 heavy (non-hydrogen) atoms. The third-order valence-corrected chi connectivity index (χ3v) is 6.23. The molecule has 3 rings (SSSR count). The van der Waals surface area contributed by atoms with Crippen LogP contribution < -0.4 is 10.6 Å². The summed E-state index contributed by atoms with van der Waals surface area (Å²) in [5.74, 6) is -0.565. The second-order valence-electron chi connectivity index (χ2n) is 7.66. The summed E-state index contributed by atoms with van der Waals surface area (Å²) in [7, 11) is -3.58. The third kappa shape index (κ3) is 6.61. The van der Waals surface area contributed by atoms with Gasteiger partial charge in [0.1, 0.15) is 5.69 Å². The molecular formula is C22H25N5O6S. The molecule has 0 radical (unpaired) electrons. The molecule has 0 atom stereocenters. The van der Waals surface area contributed by atoms with Gasteiger partial charge in [-0.15, -0.1) is 0 Å². The normalized spacial score (nSPS) is 13.3. The van der Waals surface area contributed by atoms with Crippen LogP contribution in [0.25, 0.3) is 0 Å². The number of rotatable bonds is 10. The molecule has 1 heterocycles. The number of hydrazone groups is 1. The molecule has 0 spiro atoms. The highest BCUT2D eigenvalue weighted by molar-refractivity contribution is 7.90. The molecule has 180 valence electrons. The maximum absolute atomic E-state index is 12.4. The number of hydrogen-bond donors (Lipinski definition) is 2. The Balaban J connectivity index is 1.43. The minimum Gasteiger partial charge on any atom is -0.378 e. The van der Waals surface area contributed by atoms with E-state index in [1.54, 1.807) is 0 Å². The molecule has 0 bridgehead atoms. The highest BCUT2D eigenvalue weighted by Gasteiger charge is 2.22. The summed E-state index contributed by atoms with van der Waals surface area (Å²) < 4.78 is 23.2. The molecule has 0 saturated carbocycles. The minimum atomic E-state index is -3.58. The maximum Gasteiger partial charge on any atom is 0.293 e. The van der Waals surface area contributed by atoms with Gasteiger partial charge in [-0.25, -0.2) is 13.4 Å². The van der Waals surface area contributed by atoms with E-state index < -0.39 is 14.8 Å². The van der Waals surface area contributed by atoms with Crippen molar-refractivity contribution in [3.63, 3.8) is 0 Å². The van der Waals surface area contributed by atoms with Crippen molar-refractivity contribution >= 4 is 38.7 Å². The lowest BCUT2D eigenvalue weighted by Crippen LogP contribution is -2.30. The number of nitrogens with zero attached hydrogens (tertiary/aromatic N) is 3. The number of benzene rings is 2. The summed E-state index contributed by atoms with van der Waals surface area (Å²) >= 11 is 0. The Kier molecular flexibility index (Phi) is 7.95. The van der Waals surface area contributed by atoms with Crippen molar-refractivity contribution in [2.24, 2.45) is 5.10 Å². The zero-order valence-corrected chi connectivity index (χ0v) is 19.4. The van der Waals surface area contributed by atoms with E-state index in [1.807, 2.05) is 30.3 Å². The van der Waals surface area contributed by atoms with E-state index in [2.05, 4.69) is 15.7 Å². The van der Waals surface area contributed by atoms with Gasteiger partial charge >= 0.3 is 0 Å². The molecule has 2 amide bonds. The van der Waals surface area contributed by atoms with E-state index >= 15 is 0 Å². The molecule has 2 aromatic rings. The number of nitro groups is 1. The number of hydrogen-bond acceptors (Lipinski definition) is 8. The van der Waals surface area contributed by atoms with Crippen LogP contribution in [0.2, 0.25) is 0 Å². The Morgan fingerprint density at radius 3 is 2.53 bits per heavy atom. The average molecular weight is 488 g/mol. The first kappa shape index (κ1) is 24.8. The van der Waals surface area contributed by atoms with Gasteiger partial charge in [0.25, 0.3) is 5.69 Å². The number of carbonyl (C=O) groups excluding carboxylic acids is 2. The SMILES string of the molecule is CS(=O)(=O)c1ccc(NCCNC(=O)CCC(=O)N2CCC(c3ccccc3)=N2)c([N+](=O)[O-])c1. The van der Waals surface area contributed by atoms with Gasteiger partial charge in [0.2, 0.25) is 11.8 Å². The number of amides is 2. The Bertz CT molecular complexity index is 1210. The van der Waals surface area contributed by atoms with Gasteiger partial charge in [0.05, 0.1) is 22.1 Å². The fraction of sp³-hybridized carbons (Fsp3) is 0.318. The molecular weight excluding hydrogens is 462 g/mol. The summed E-state index contributed by atoms with van der Waals surface area (Å²) in [5.41, 5.74) is 1.57. The van der Waals surface area contributed by atoms with Gasteiger partial charge < -0.3 is 10.6 Å². The minimum absolute atomic E-state index is 0.00523. The molecule has 0 unspecified atom stereocenters. The van der Waals surface area contributed by atoms with E-state index in [0.29, 0.717) is 13.0 Å². The van der Waals surface area contributed by atoms with Crippen molar-refractivity contribution in [1.29, 1.82) is 0 Å². The molecule has 2 aromatic carbocycles. The van der Waals surface area contributed by atoms with E-state index in [1.165, 1.54) is 17.1 Å². The highest BCUT2D eigenvalue weighted by Crippen LogP contribution is 2.27. The van der Waals surface area contributed by atoms with Crippen LogP contribution in [-0.2, 0) is 19.4 Å². The van der Waals surface area contributed by atoms with Crippen molar-refractivity contribution in [2.75, 3.05) is 31.2 Å². The third-order valence-electron chi connectivity index (χ3n) is 5.12. The Morgan fingerprint density at radius 2 is 1.85 bits per heavy atom. The monoisotopic (exact) mass is 487 g/mol. The summed E-state index contributed by atoms with van der Waals surface area (Å²) in [6.45, 7) is 0.819. The Labute approximate surface area is 196 Å². The molecule has 11 nitrogen and oxygen atoms in total. The van der Waals surface area contributed by atoms with E-state index in [0.717, 1.165) is 23.6 Å². The molecule has 2 N–H and O–H groups in total. The van der Waals surface area contributed by atoms with E-state index in [4.69, 9.17) is 0 Å². The molecule has 0 aromatic heterocycles. The lowest BCUT2D eigenvalue weighted by Gasteiger charge is -2.12. The predicted molar refractivity (Wildman–Crippen MR) is 126 cm³/mol. The average Bonchev–Trinajstić information content (AvgIpc) is 3.30. The first-order valence-corrected chi connectivity index (χ1v) is 12.5. The molecule has 0 saturated heterocycles. The molecule has 0 fully saturated rings. The van der Waals surface area contributed by atoms with Crippen LogP contribution in [0, 0.1) is 10.1 Å². The van der Waals surface area contributed by atoms with Gasteiger partial charge in [-0.1, -0.05) is 30.3 Å². The summed E-state index contributed by atoms with van der Waals surface area (Å²) in [6.07, 6.45) is 1.64. The van der Waals surface area contributed by atoms with Crippen molar-refractivity contribution in [3.8, 4) is 0 Å². The predicted octanol–water partition coefficient (Wildman–Crippen LogP) is 1.94. The van der Waals surface area contributed by atoms with Crippen LogP contribution in [0.4, 0.5) is 11.4 Å². The maximum atomic E-state index is 12.4. The number of anilines is 1. The lowest BCUT2D eigenvalue weighted by atomic mass is 10.1. The second kappa shape index (κ2) is 10.9. The Hall–Kier alpha value is -3.80. The van der Waals surface area contributed by atoms with Crippen molar-refractivity contribution in [1.82, 2.24) is 10.3 Å². The van der Waals surface area contributed by atoms with E-state index in [-0.39, 0.29) is 54.0 Å². The number of nitro benzene ring substituents is 1. The summed E-state index contributed by atoms with van der Waals surface area (Å²) in [5, 5.41) is 22.5. The highest BCUT2D eigenvalue weighted by atomic mass is 32.2. The van der Waals surface area contributed by atoms with Crippen LogP contribution in [0.3, 0.4) is 0 Å². The largest absolute Gasteiger partial charge is 0.378 e. The van der Waals surface area contributed by atoms with Crippen LogP contribution in [-0.4, -0.2) is 61.8 Å². The van der Waals surface area contributed by atoms with Gasteiger partial charge in [-0.3, -0.25) is 19.7 Å². The van der Waals surface area contributed by atoms with Gasteiger partial charge in [0, 0.05) is 44.7 Å². The first-order chi connectivity index (χ1) is 16.1. The van der Waals surface area contributed by atoms with Crippen LogP contribution in [0.15, 0.2) is 58.5 Å². The Morgan fingerprint density at radius 1 is 1.12 bits per heavy atom. The molecule has 1 aliphatic heterocycles. The summed E-state index contributed by atoms with van der Waals surface area (Å²) in [4.78, 5) is 34.9. The second-order valence-corrected chi connectivity index (χ2v) is 9.68. The molecule has 0 aliphatic carbocycles. The van der Waals surface area contributed by atoms with Crippen molar-refractivity contribution in [2.45, 2.75) is 24.2 Å². The number of sulfone groups is 1. The van der Waals surface area contributed by atoms with Gasteiger partial charge in [-0.05, 0) is 17.7 Å².